The number of methoxy groups -OCH3 is 1. The lowest BCUT2D eigenvalue weighted by Crippen LogP contribution is -2.32. The largest absolute Gasteiger partial charge is 0.384 e. The number of rotatable bonds is 7. The van der Waals surface area contributed by atoms with E-state index in [4.69, 9.17) is 4.74 Å². The van der Waals surface area contributed by atoms with E-state index in [1.807, 2.05) is 17.2 Å². The lowest BCUT2D eigenvalue weighted by Gasteiger charge is -2.21. The van der Waals surface area contributed by atoms with E-state index in [-0.39, 0.29) is 5.91 Å². The van der Waals surface area contributed by atoms with Gasteiger partial charge in [0.2, 0.25) is 5.91 Å². The number of hydrogen-bond acceptors (Lipinski definition) is 4. The van der Waals surface area contributed by atoms with Gasteiger partial charge in [0.05, 0.1) is 13.0 Å². The minimum atomic E-state index is 0.217. The summed E-state index contributed by atoms with van der Waals surface area (Å²) in [6.45, 7) is 4.19. The highest BCUT2D eigenvalue weighted by molar-refractivity contribution is 5.76. The van der Waals surface area contributed by atoms with Crippen molar-refractivity contribution in [3.05, 3.63) is 30.1 Å². The average molecular weight is 291 g/mol. The molecule has 1 aliphatic heterocycles. The minimum absolute atomic E-state index is 0.217. The fourth-order valence-corrected chi connectivity index (χ4v) is 2.86. The Morgan fingerprint density at radius 2 is 2.43 bits per heavy atom. The molecule has 1 aromatic heterocycles. The molecular weight excluding hydrogens is 266 g/mol. The van der Waals surface area contributed by atoms with E-state index in [2.05, 4.69) is 23.0 Å². The number of carbonyl (C=O) groups excluding carboxylic acids is 1. The Bertz CT molecular complexity index is 438. The first-order chi connectivity index (χ1) is 10.2. The third-order valence-corrected chi connectivity index (χ3v) is 3.90. The molecule has 21 heavy (non-hydrogen) atoms. The first-order valence-corrected chi connectivity index (χ1v) is 7.53. The number of hydrogen-bond donors (Lipinski definition) is 0. The first-order valence-electron chi connectivity index (χ1n) is 7.53. The Balaban J connectivity index is 1.73. The summed E-state index contributed by atoms with van der Waals surface area (Å²) in [6.07, 6.45) is 5.29. The van der Waals surface area contributed by atoms with Crippen molar-refractivity contribution in [2.24, 2.45) is 5.92 Å². The maximum Gasteiger partial charge on any atom is 0.224 e. The van der Waals surface area contributed by atoms with Gasteiger partial charge in [-0.05, 0) is 31.0 Å². The number of likely N-dealkylation sites (tertiary alicyclic amines) is 1. The van der Waals surface area contributed by atoms with Crippen LogP contribution in [-0.2, 0) is 16.1 Å². The van der Waals surface area contributed by atoms with Gasteiger partial charge in [-0.3, -0.25) is 9.78 Å². The van der Waals surface area contributed by atoms with Gasteiger partial charge in [0.25, 0.3) is 0 Å². The van der Waals surface area contributed by atoms with Crippen molar-refractivity contribution in [3.63, 3.8) is 0 Å². The monoisotopic (exact) mass is 291 g/mol. The van der Waals surface area contributed by atoms with Gasteiger partial charge in [0.15, 0.2) is 0 Å². The van der Waals surface area contributed by atoms with E-state index in [9.17, 15) is 4.79 Å². The molecule has 5 heteroatoms. The van der Waals surface area contributed by atoms with Crippen LogP contribution in [0.25, 0.3) is 0 Å². The Morgan fingerprint density at radius 1 is 1.57 bits per heavy atom. The highest BCUT2D eigenvalue weighted by atomic mass is 16.5. The van der Waals surface area contributed by atoms with Crippen LogP contribution in [0.2, 0.25) is 0 Å². The molecule has 0 unspecified atom stereocenters. The predicted molar refractivity (Wildman–Crippen MR) is 81.8 cm³/mol. The van der Waals surface area contributed by atoms with Gasteiger partial charge in [-0.25, -0.2) is 0 Å². The molecule has 0 spiro atoms. The van der Waals surface area contributed by atoms with Gasteiger partial charge in [-0.2, -0.15) is 0 Å². The van der Waals surface area contributed by atoms with Gasteiger partial charge in [0, 0.05) is 45.7 Å². The first kappa shape index (κ1) is 15.9. The SMILES string of the molecule is COCCC(=O)N1CC[C@@H](CN(C)Cc2cccnc2)C1. The molecule has 2 rings (SSSR count). The van der Waals surface area contributed by atoms with Crippen LogP contribution >= 0.6 is 0 Å². The third kappa shape index (κ3) is 5.10. The summed E-state index contributed by atoms with van der Waals surface area (Å²) in [4.78, 5) is 20.4. The summed E-state index contributed by atoms with van der Waals surface area (Å²) in [7, 11) is 3.76. The summed E-state index contributed by atoms with van der Waals surface area (Å²) in [5, 5.41) is 0. The smallest absolute Gasteiger partial charge is 0.224 e. The molecule has 1 amide bonds. The van der Waals surface area contributed by atoms with Gasteiger partial charge in [-0.15, -0.1) is 0 Å². The molecule has 0 radical (unpaired) electrons. The minimum Gasteiger partial charge on any atom is -0.384 e. The number of aromatic nitrogens is 1. The van der Waals surface area contributed by atoms with Crippen LogP contribution in [0.4, 0.5) is 0 Å². The zero-order valence-corrected chi connectivity index (χ0v) is 13.0. The highest BCUT2D eigenvalue weighted by Crippen LogP contribution is 2.18. The van der Waals surface area contributed by atoms with Gasteiger partial charge < -0.3 is 14.5 Å². The maximum absolute atomic E-state index is 12.0. The van der Waals surface area contributed by atoms with Crippen LogP contribution in [-0.4, -0.2) is 61.1 Å². The normalized spacial score (nSPS) is 18.4. The van der Waals surface area contributed by atoms with Crippen LogP contribution in [0.5, 0.6) is 0 Å². The molecule has 1 aliphatic rings. The summed E-state index contributed by atoms with van der Waals surface area (Å²) in [5.41, 5.74) is 1.23. The third-order valence-electron chi connectivity index (χ3n) is 3.90. The summed E-state index contributed by atoms with van der Waals surface area (Å²) < 4.78 is 4.97. The fourth-order valence-electron chi connectivity index (χ4n) is 2.86. The van der Waals surface area contributed by atoms with Crippen LogP contribution < -0.4 is 0 Å². The van der Waals surface area contributed by atoms with E-state index < -0.39 is 0 Å². The summed E-state index contributed by atoms with van der Waals surface area (Å²) in [5.74, 6) is 0.785. The lowest BCUT2D eigenvalue weighted by atomic mass is 10.1. The molecule has 116 valence electrons. The van der Waals surface area contributed by atoms with Crippen LogP contribution in [0, 0.1) is 5.92 Å². The molecule has 0 N–H and O–H groups in total. The second kappa shape index (κ2) is 8.10. The number of carbonyl (C=O) groups is 1. The fraction of sp³-hybridized carbons (Fsp3) is 0.625. The Labute approximate surface area is 126 Å². The number of pyridine rings is 1. The number of ether oxygens (including phenoxy) is 1. The van der Waals surface area contributed by atoms with Crippen molar-refractivity contribution in [3.8, 4) is 0 Å². The maximum atomic E-state index is 12.0. The van der Waals surface area contributed by atoms with Crippen molar-refractivity contribution < 1.29 is 9.53 Å². The Kier molecular flexibility index (Phi) is 6.14. The van der Waals surface area contributed by atoms with E-state index in [1.165, 1.54) is 5.56 Å². The van der Waals surface area contributed by atoms with E-state index in [0.717, 1.165) is 32.6 Å². The van der Waals surface area contributed by atoms with Crippen molar-refractivity contribution in [2.75, 3.05) is 40.4 Å². The molecule has 1 atom stereocenters. The van der Waals surface area contributed by atoms with Crippen molar-refractivity contribution in [1.29, 1.82) is 0 Å². The van der Waals surface area contributed by atoms with Gasteiger partial charge >= 0.3 is 0 Å². The van der Waals surface area contributed by atoms with Gasteiger partial charge in [-0.1, -0.05) is 6.07 Å². The van der Waals surface area contributed by atoms with Crippen LogP contribution in [0.3, 0.4) is 0 Å². The highest BCUT2D eigenvalue weighted by Gasteiger charge is 2.26. The zero-order chi connectivity index (χ0) is 15.1. The Morgan fingerprint density at radius 3 is 3.14 bits per heavy atom. The molecule has 1 saturated heterocycles. The molecule has 0 bridgehead atoms. The molecule has 0 aromatic carbocycles. The molecule has 1 aromatic rings. The molecule has 1 fully saturated rings. The van der Waals surface area contributed by atoms with Crippen molar-refractivity contribution in [2.45, 2.75) is 19.4 Å². The molecule has 0 saturated carbocycles. The average Bonchev–Trinajstić information content (AvgIpc) is 2.94. The van der Waals surface area contributed by atoms with Crippen molar-refractivity contribution >= 4 is 5.91 Å². The van der Waals surface area contributed by atoms with Crippen molar-refractivity contribution in [1.82, 2.24) is 14.8 Å². The van der Waals surface area contributed by atoms with Crippen LogP contribution in [0.15, 0.2) is 24.5 Å². The quantitative estimate of drug-likeness (QED) is 0.762. The summed E-state index contributed by atoms with van der Waals surface area (Å²) in [6, 6.07) is 4.06. The molecule has 0 aliphatic carbocycles. The molecule has 5 nitrogen and oxygen atoms in total. The van der Waals surface area contributed by atoms with E-state index in [0.29, 0.717) is 18.9 Å². The zero-order valence-electron chi connectivity index (χ0n) is 13.0. The number of nitrogens with zero attached hydrogens (tertiary/aromatic N) is 3. The standard InChI is InChI=1S/C16H25N3O2/c1-18(11-14-4-3-7-17-10-14)12-15-5-8-19(13-15)16(20)6-9-21-2/h3-4,7,10,15H,5-6,8-9,11-13H2,1-2H3/t15-/m0/s1. The van der Waals surface area contributed by atoms with E-state index >= 15 is 0 Å². The van der Waals surface area contributed by atoms with Gasteiger partial charge in [0.1, 0.15) is 0 Å². The van der Waals surface area contributed by atoms with E-state index in [1.54, 1.807) is 13.3 Å². The lowest BCUT2D eigenvalue weighted by molar-refractivity contribution is -0.131. The topological polar surface area (TPSA) is 45.7 Å². The summed E-state index contributed by atoms with van der Waals surface area (Å²) >= 11 is 0. The Hall–Kier alpha value is -1.46. The molecule has 2 heterocycles. The second-order valence-electron chi connectivity index (χ2n) is 5.80. The molecular formula is C16H25N3O2. The predicted octanol–water partition coefficient (Wildman–Crippen LogP) is 1.40. The number of amides is 1. The second-order valence-corrected chi connectivity index (χ2v) is 5.80. The van der Waals surface area contributed by atoms with Crippen LogP contribution in [0.1, 0.15) is 18.4 Å².